The Balaban J connectivity index is 4.06. The molecule has 0 aromatic carbocycles. The summed E-state index contributed by atoms with van der Waals surface area (Å²) in [6.07, 6.45) is 12.0. The first-order valence-electron chi connectivity index (χ1n) is 12.2. The van der Waals surface area contributed by atoms with Crippen molar-refractivity contribution in [2.45, 2.75) is 132 Å². The third-order valence-corrected chi connectivity index (χ3v) is 5.30. The van der Waals surface area contributed by atoms with Crippen molar-refractivity contribution in [2.75, 3.05) is 0 Å². The highest BCUT2D eigenvalue weighted by molar-refractivity contribution is 5.71. The smallest absolute Gasteiger partial charge is 0.266 e. The van der Waals surface area contributed by atoms with Crippen molar-refractivity contribution in [1.29, 1.82) is 0 Å². The first-order valence-corrected chi connectivity index (χ1v) is 12.2. The van der Waals surface area contributed by atoms with Crippen molar-refractivity contribution in [2.24, 2.45) is 16.7 Å². The SMILES string of the molecule is CCCCCC(CCCCC(C)(C)C)C(=O)OOOOC(=O)CCCCCC(C)(C)C. The quantitative estimate of drug-likeness (QED) is 0.130. The average molecular weight is 445 g/mol. The number of unbranched alkanes of at least 4 members (excludes halogenated alkanes) is 5. The lowest BCUT2D eigenvalue weighted by molar-refractivity contribution is -0.600. The number of hydrogen-bond acceptors (Lipinski definition) is 6. The fraction of sp³-hybridized carbons (Fsp3) is 0.920. The van der Waals surface area contributed by atoms with Gasteiger partial charge in [-0.2, -0.15) is 0 Å². The first-order chi connectivity index (χ1) is 14.4. The topological polar surface area (TPSA) is 71.1 Å². The van der Waals surface area contributed by atoms with Crippen LogP contribution in [0, 0.1) is 16.7 Å². The van der Waals surface area contributed by atoms with Gasteiger partial charge >= 0.3 is 11.9 Å². The van der Waals surface area contributed by atoms with Crippen molar-refractivity contribution in [3.05, 3.63) is 0 Å². The van der Waals surface area contributed by atoms with E-state index >= 15 is 0 Å². The van der Waals surface area contributed by atoms with Gasteiger partial charge in [-0.1, -0.05) is 93.4 Å². The average Bonchev–Trinajstić information content (AvgIpc) is 2.65. The lowest BCUT2D eigenvalue weighted by atomic mass is 9.88. The van der Waals surface area contributed by atoms with Gasteiger partial charge in [0.15, 0.2) is 0 Å². The van der Waals surface area contributed by atoms with E-state index < -0.39 is 11.9 Å². The third-order valence-electron chi connectivity index (χ3n) is 5.30. The molecule has 0 aromatic rings. The van der Waals surface area contributed by atoms with Crippen LogP contribution in [0.3, 0.4) is 0 Å². The zero-order valence-electron chi connectivity index (χ0n) is 21.2. The minimum absolute atomic E-state index is 0.228. The molecular formula is C25H48O6. The molecule has 1 unspecified atom stereocenters. The van der Waals surface area contributed by atoms with Crippen LogP contribution in [-0.4, -0.2) is 11.9 Å². The molecule has 0 aliphatic carbocycles. The minimum Gasteiger partial charge on any atom is -0.266 e. The predicted molar refractivity (Wildman–Crippen MR) is 122 cm³/mol. The maximum Gasteiger partial charge on any atom is 0.348 e. The van der Waals surface area contributed by atoms with Crippen LogP contribution in [0.15, 0.2) is 0 Å². The summed E-state index contributed by atoms with van der Waals surface area (Å²) < 4.78 is 0. The van der Waals surface area contributed by atoms with E-state index in [-0.39, 0.29) is 12.3 Å². The molecule has 0 saturated carbocycles. The molecule has 0 radical (unpaired) electrons. The van der Waals surface area contributed by atoms with Crippen LogP contribution in [0.5, 0.6) is 0 Å². The number of carbonyl (C=O) groups is 2. The van der Waals surface area contributed by atoms with Crippen molar-refractivity contribution in [3.63, 3.8) is 0 Å². The Labute approximate surface area is 190 Å². The summed E-state index contributed by atoms with van der Waals surface area (Å²) in [7, 11) is 0. The molecule has 0 amide bonds. The van der Waals surface area contributed by atoms with Crippen molar-refractivity contribution in [1.82, 2.24) is 0 Å². The summed E-state index contributed by atoms with van der Waals surface area (Å²) in [4.78, 5) is 33.2. The van der Waals surface area contributed by atoms with Gasteiger partial charge in [-0.25, -0.2) is 9.59 Å². The Morgan fingerprint density at radius 3 is 1.74 bits per heavy atom. The highest BCUT2D eigenvalue weighted by Gasteiger charge is 2.22. The molecule has 0 fully saturated rings. The van der Waals surface area contributed by atoms with Gasteiger partial charge in [0.25, 0.3) is 0 Å². The van der Waals surface area contributed by atoms with Gasteiger partial charge in [-0.3, -0.25) is 9.78 Å². The molecule has 0 spiro atoms. The second kappa shape index (κ2) is 16.5. The van der Waals surface area contributed by atoms with E-state index in [9.17, 15) is 9.59 Å². The summed E-state index contributed by atoms with van der Waals surface area (Å²) in [5, 5.41) is 8.72. The first kappa shape index (κ1) is 29.9. The molecule has 0 heterocycles. The van der Waals surface area contributed by atoms with Crippen LogP contribution < -0.4 is 0 Å². The Morgan fingerprint density at radius 2 is 1.19 bits per heavy atom. The number of hydrogen-bond donors (Lipinski definition) is 0. The summed E-state index contributed by atoms with van der Waals surface area (Å²) in [5.41, 5.74) is 0.605. The van der Waals surface area contributed by atoms with Gasteiger partial charge in [0, 0.05) is 16.5 Å². The lowest BCUT2D eigenvalue weighted by Gasteiger charge is -2.19. The fourth-order valence-corrected chi connectivity index (χ4v) is 3.38. The molecule has 0 aliphatic rings. The second-order valence-electron chi connectivity index (χ2n) is 11.1. The van der Waals surface area contributed by atoms with Crippen LogP contribution in [0.1, 0.15) is 132 Å². The number of rotatable bonds is 17. The monoisotopic (exact) mass is 444 g/mol. The summed E-state index contributed by atoms with van der Waals surface area (Å²) in [6.45, 7) is 15.4. The molecule has 6 nitrogen and oxygen atoms in total. The largest absolute Gasteiger partial charge is 0.348 e. The Kier molecular flexibility index (Phi) is 15.9. The Morgan fingerprint density at radius 1 is 0.677 bits per heavy atom. The molecule has 0 rings (SSSR count). The van der Waals surface area contributed by atoms with E-state index in [2.05, 4.69) is 63.4 Å². The maximum absolute atomic E-state index is 12.3. The molecule has 0 saturated heterocycles. The van der Waals surface area contributed by atoms with E-state index in [0.29, 0.717) is 10.8 Å². The lowest BCUT2D eigenvalue weighted by Crippen LogP contribution is -2.19. The third kappa shape index (κ3) is 20.5. The van der Waals surface area contributed by atoms with Gasteiger partial charge in [0.05, 0.1) is 5.92 Å². The fourth-order valence-electron chi connectivity index (χ4n) is 3.38. The molecule has 0 bridgehead atoms. The number of carbonyl (C=O) groups excluding carboxylic acids is 2. The summed E-state index contributed by atoms with van der Waals surface area (Å²) in [6, 6.07) is 0. The van der Waals surface area contributed by atoms with E-state index in [1.54, 1.807) is 0 Å². The minimum atomic E-state index is -0.534. The van der Waals surface area contributed by atoms with Crippen LogP contribution in [0.4, 0.5) is 0 Å². The van der Waals surface area contributed by atoms with Gasteiger partial charge in [-0.05, 0) is 42.9 Å². The van der Waals surface area contributed by atoms with Gasteiger partial charge in [0.2, 0.25) is 0 Å². The maximum atomic E-state index is 12.3. The molecule has 1 atom stereocenters. The second-order valence-corrected chi connectivity index (χ2v) is 11.1. The zero-order valence-corrected chi connectivity index (χ0v) is 21.2. The zero-order chi connectivity index (χ0) is 23.8. The van der Waals surface area contributed by atoms with Gasteiger partial charge in [0.1, 0.15) is 0 Å². The van der Waals surface area contributed by atoms with Gasteiger partial charge in [-0.15, -0.1) is 0 Å². The van der Waals surface area contributed by atoms with Crippen LogP contribution in [0.25, 0.3) is 0 Å². The van der Waals surface area contributed by atoms with E-state index in [0.717, 1.165) is 77.0 Å². The van der Waals surface area contributed by atoms with Gasteiger partial charge < -0.3 is 0 Å². The Hall–Kier alpha value is -1.14. The molecular weight excluding hydrogens is 396 g/mol. The standard InChI is InChI=1S/C25H48O6/c1-8-9-11-16-21(17-13-15-20-25(5,6)7)23(27)29-31-30-28-22(26)18-12-10-14-19-24(2,3)4/h21H,8-20H2,1-7H3. The summed E-state index contributed by atoms with van der Waals surface area (Å²) in [5.74, 6) is -1.23. The molecule has 0 aliphatic heterocycles. The van der Waals surface area contributed by atoms with Crippen LogP contribution in [0.2, 0.25) is 0 Å². The molecule has 6 heteroatoms. The van der Waals surface area contributed by atoms with Crippen LogP contribution >= 0.6 is 0 Å². The molecule has 0 aromatic heterocycles. The predicted octanol–water partition coefficient (Wildman–Crippen LogP) is 7.65. The molecule has 31 heavy (non-hydrogen) atoms. The Bertz CT molecular complexity index is 475. The normalized spacial score (nSPS) is 13.1. The molecule has 0 N–H and O–H groups in total. The summed E-state index contributed by atoms with van der Waals surface area (Å²) >= 11 is 0. The van der Waals surface area contributed by atoms with Crippen LogP contribution in [-0.2, 0) is 29.4 Å². The van der Waals surface area contributed by atoms with E-state index in [1.165, 1.54) is 0 Å². The molecule has 184 valence electrons. The van der Waals surface area contributed by atoms with Crippen molar-refractivity contribution < 1.29 is 29.4 Å². The highest BCUT2D eigenvalue weighted by Crippen LogP contribution is 2.25. The van der Waals surface area contributed by atoms with E-state index in [4.69, 9.17) is 4.89 Å². The van der Waals surface area contributed by atoms with Crippen molar-refractivity contribution in [3.8, 4) is 0 Å². The van der Waals surface area contributed by atoms with E-state index in [1.807, 2.05) is 0 Å². The highest BCUT2D eigenvalue weighted by atomic mass is 17.7. The van der Waals surface area contributed by atoms with Crippen molar-refractivity contribution >= 4 is 11.9 Å².